The van der Waals surface area contributed by atoms with E-state index in [2.05, 4.69) is 11.0 Å². The van der Waals surface area contributed by atoms with Crippen molar-refractivity contribution in [3.63, 3.8) is 0 Å². The fraction of sp³-hybridized carbons (Fsp3) is 0.692. The molecule has 0 amide bonds. The predicted octanol–water partition coefficient (Wildman–Crippen LogP) is 2.85. The minimum absolute atomic E-state index is 0.839. The Balaban J connectivity index is 1.85. The maximum absolute atomic E-state index is 5.97. The van der Waals surface area contributed by atoms with Crippen molar-refractivity contribution in [2.45, 2.75) is 32.1 Å². The molecule has 2 aliphatic rings. The van der Waals surface area contributed by atoms with Crippen LogP contribution in [0.2, 0.25) is 0 Å². The molecule has 2 rings (SSSR count). The molecule has 0 aromatic rings. The van der Waals surface area contributed by atoms with E-state index in [1.165, 1.54) is 38.0 Å². The maximum atomic E-state index is 5.97. The van der Waals surface area contributed by atoms with Gasteiger partial charge in [-0.25, -0.2) is 0 Å². The van der Waals surface area contributed by atoms with Crippen LogP contribution in [0.3, 0.4) is 0 Å². The van der Waals surface area contributed by atoms with Gasteiger partial charge in [-0.2, -0.15) is 0 Å². The number of likely N-dealkylation sites (tertiary alicyclic amines) is 1. The zero-order valence-electron chi connectivity index (χ0n) is 9.79. The Labute approximate surface area is 103 Å². The molecule has 0 saturated carbocycles. The van der Waals surface area contributed by atoms with Crippen LogP contribution in [0.4, 0.5) is 0 Å². The van der Waals surface area contributed by atoms with Crippen LogP contribution in [0.25, 0.3) is 0 Å². The van der Waals surface area contributed by atoms with Gasteiger partial charge < -0.3 is 10.6 Å². The highest BCUT2D eigenvalue weighted by Crippen LogP contribution is 2.28. The number of hydrogen-bond donors (Lipinski definition) is 1. The molecule has 0 spiro atoms. The Morgan fingerprint density at radius 3 is 2.56 bits per heavy atom. The van der Waals surface area contributed by atoms with Gasteiger partial charge in [0.2, 0.25) is 0 Å². The third kappa shape index (κ3) is 3.02. The molecule has 1 saturated heterocycles. The number of allylic oxidation sites excluding steroid dienone is 4. The van der Waals surface area contributed by atoms with E-state index in [0.717, 1.165) is 30.3 Å². The van der Waals surface area contributed by atoms with Crippen LogP contribution in [0.5, 0.6) is 0 Å². The van der Waals surface area contributed by atoms with Gasteiger partial charge in [0.15, 0.2) is 0 Å². The second-order valence-electron chi connectivity index (χ2n) is 4.78. The van der Waals surface area contributed by atoms with E-state index < -0.39 is 0 Å². The summed E-state index contributed by atoms with van der Waals surface area (Å²) in [6.07, 6.45) is 10.1. The van der Waals surface area contributed by atoms with Gasteiger partial charge >= 0.3 is 0 Å². The Morgan fingerprint density at radius 2 is 2.00 bits per heavy atom. The predicted molar refractivity (Wildman–Crippen MR) is 69.2 cm³/mol. The number of piperidine rings is 1. The molecule has 90 valence electrons. The number of nitrogens with zero attached hydrogens (tertiary/aromatic N) is 1. The van der Waals surface area contributed by atoms with Crippen molar-refractivity contribution in [1.29, 1.82) is 0 Å². The standard InChI is InChI=1S/C13H21ClN2/c14-12-1-3-13(4-2-12)16-9-6-11(5-8-15)7-10-16/h1,3,11H,2,4-10,15H2. The van der Waals surface area contributed by atoms with Crippen LogP contribution >= 0.6 is 11.6 Å². The summed E-state index contributed by atoms with van der Waals surface area (Å²) in [5.74, 6) is 0.851. The lowest BCUT2D eigenvalue weighted by Crippen LogP contribution is -2.34. The van der Waals surface area contributed by atoms with Crippen LogP contribution in [0, 0.1) is 5.92 Å². The van der Waals surface area contributed by atoms with Gasteiger partial charge in [-0.05, 0) is 56.7 Å². The van der Waals surface area contributed by atoms with Crippen molar-refractivity contribution in [3.05, 3.63) is 22.9 Å². The summed E-state index contributed by atoms with van der Waals surface area (Å²) < 4.78 is 0. The van der Waals surface area contributed by atoms with Crippen LogP contribution < -0.4 is 5.73 Å². The van der Waals surface area contributed by atoms with Crippen LogP contribution in [-0.2, 0) is 0 Å². The van der Waals surface area contributed by atoms with E-state index in [0.29, 0.717) is 0 Å². The summed E-state index contributed by atoms with van der Waals surface area (Å²) in [7, 11) is 0. The molecule has 16 heavy (non-hydrogen) atoms. The summed E-state index contributed by atoms with van der Waals surface area (Å²) in [6, 6.07) is 0. The Hall–Kier alpha value is -0.470. The molecule has 0 unspecified atom stereocenters. The Morgan fingerprint density at radius 1 is 1.25 bits per heavy atom. The van der Waals surface area contributed by atoms with Crippen molar-refractivity contribution in [2.75, 3.05) is 19.6 Å². The molecule has 1 heterocycles. The molecule has 2 nitrogen and oxygen atoms in total. The molecule has 0 aromatic heterocycles. The third-order valence-corrected chi connectivity index (χ3v) is 3.99. The molecule has 1 aliphatic carbocycles. The summed E-state index contributed by atoms with van der Waals surface area (Å²) in [5, 5.41) is 0.988. The molecule has 1 aliphatic heterocycles. The summed E-state index contributed by atoms with van der Waals surface area (Å²) in [5.41, 5.74) is 7.07. The zero-order valence-corrected chi connectivity index (χ0v) is 10.5. The van der Waals surface area contributed by atoms with Gasteiger partial charge in [0.05, 0.1) is 0 Å². The van der Waals surface area contributed by atoms with Gasteiger partial charge in [0.1, 0.15) is 0 Å². The summed E-state index contributed by atoms with van der Waals surface area (Å²) in [4.78, 5) is 2.52. The van der Waals surface area contributed by atoms with E-state index >= 15 is 0 Å². The fourth-order valence-corrected chi connectivity index (χ4v) is 2.77. The number of nitrogens with two attached hydrogens (primary N) is 1. The van der Waals surface area contributed by atoms with Gasteiger partial charge in [0, 0.05) is 23.8 Å². The fourth-order valence-electron chi connectivity index (χ4n) is 2.61. The molecule has 0 aromatic carbocycles. The van der Waals surface area contributed by atoms with Crippen molar-refractivity contribution in [2.24, 2.45) is 11.7 Å². The van der Waals surface area contributed by atoms with Crippen molar-refractivity contribution in [1.82, 2.24) is 4.90 Å². The smallest absolute Gasteiger partial charge is 0.0185 e. The van der Waals surface area contributed by atoms with E-state index in [9.17, 15) is 0 Å². The van der Waals surface area contributed by atoms with Crippen LogP contribution in [0.1, 0.15) is 32.1 Å². The first-order valence-corrected chi connectivity index (χ1v) is 6.67. The lowest BCUT2D eigenvalue weighted by molar-refractivity contribution is 0.215. The van der Waals surface area contributed by atoms with E-state index in [1.807, 2.05) is 6.08 Å². The van der Waals surface area contributed by atoms with Gasteiger partial charge in [-0.1, -0.05) is 11.6 Å². The first kappa shape index (κ1) is 12.0. The molecular weight excluding hydrogens is 220 g/mol. The van der Waals surface area contributed by atoms with Gasteiger partial charge in [-0.3, -0.25) is 0 Å². The molecule has 0 bridgehead atoms. The number of rotatable bonds is 3. The van der Waals surface area contributed by atoms with E-state index in [-0.39, 0.29) is 0 Å². The topological polar surface area (TPSA) is 29.3 Å². The third-order valence-electron chi connectivity index (χ3n) is 3.67. The molecule has 1 fully saturated rings. The van der Waals surface area contributed by atoms with E-state index in [1.54, 1.807) is 0 Å². The summed E-state index contributed by atoms with van der Waals surface area (Å²) >= 11 is 5.97. The highest BCUT2D eigenvalue weighted by molar-refractivity contribution is 6.29. The number of halogens is 1. The minimum atomic E-state index is 0.839. The van der Waals surface area contributed by atoms with Crippen molar-refractivity contribution in [3.8, 4) is 0 Å². The monoisotopic (exact) mass is 240 g/mol. The lowest BCUT2D eigenvalue weighted by atomic mass is 9.93. The van der Waals surface area contributed by atoms with Crippen LogP contribution in [0.15, 0.2) is 22.9 Å². The average molecular weight is 241 g/mol. The highest BCUT2D eigenvalue weighted by Gasteiger charge is 2.20. The zero-order chi connectivity index (χ0) is 11.4. The second-order valence-corrected chi connectivity index (χ2v) is 5.26. The average Bonchev–Trinajstić information content (AvgIpc) is 2.32. The van der Waals surface area contributed by atoms with Crippen molar-refractivity contribution >= 4 is 11.6 Å². The minimum Gasteiger partial charge on any atom is -0.375 e. The molecule has 3 heteroatoms. The SMILES string of the molecule is NCCC1CCN(C2=CC=C(Cl)CC2)CC1. The Bertz CT molecular complexity index is 288. The van der Waals surface area contributed by atoms with E-state index in [4.69, 9.17) is 17.3 Å². The molecule has 0 radical (unpaired) electrons. The molecule has 2 N–H and O–H groups in total. The Kier molecular flexibility index (Phi) is 4.30. The largest absolute Gasteiger partial charge is 0.375 e. The molecular formula is C13H21ClN2. The lowest BCUT2D eigenvalue weighted by Gasteiger charge is -2.35. The maximum Gasteiger partial charge on any atom is 0.0185 e. The molecule has 0 atom stereocenters. The van der Waals surface area contributed by atoms with Crippen LogP contribution in [-0.4, -0.2) is 24.5 Å². The second kappa shape index (κ2) is 5.74. The first-order valence-electron chi connectivity index (χ1n) is 6.30. The number of hydrogen-bond acceptors (Lipinski definition) is 2. The highest BCUT2D eigenvalue weighted by atomic mass is 35.5. The quantitative estimate of drug-likeness (QED) is 0.822. The van der Waals surface area contributed by atoms with Crippen molar-refractivity contribution < 1.29 is 0 Å². The van der Waals surface area contributed by atoms with Gasteiger partial charge in [-0.15, -0.1) is 0 Å². The summed E-state index contributed by atoms with van der Waals surface area (Å²) in [6.45, 7) is 3.23. The van der Waals surface area contributed by atoms with Gasteiger partial charge in [0.25, 0.3) is 0 Å². The first-order chi connectivity index (χ1) is 7.79. The normalized spacial score (nSPS) is 23.0.